The molecule has 0 amide bonds. The Balaban J connectivity index is 1.77. The first-order valence-corrected chi connectivity index (χ1v) is 8.55. The molecule has 0 atom stereocenters. The van der Waals surface area contributed by atoms with Crippen molar-refractivity contribution in [2.75, 3.05) is 13.1 Å². The predicted molar refractivity (Wildman–Crippen MR) is 90.6 cm³/mol. The van der Waals surface area contributed by atoms with Crippen molar-refractivity contribution in [3.63, 3.8) is 0 Å². The fourth-order valence-corrected chi connectivity index (χ4v) is 4.62. The lowest BCUT2D eigenvalue weighted by molar-refractivity contribution is 0.711. The summed E-state index contributed by atoms with van der Waals surface area (Å²) in [5, 5.41) is 4.30. The van der Waals surface area contributed by atoms with Crippen LogP contribution < -0.4 is 5.32 Å². The molecule has 1 aromatic carbocycles. The van der Waals surface area contributed by atoms with Gasteiger partial charge in [0.2, 0.25) is 0 Å². The minimum atomic E-state index is 0.809. The molecular formula is C17H17ClN2S. The summed E-state index contributed by atoms with van der Waals surface area (Å²) >= 11 is 8.06. The molecule has 3 heterocycles. The van der Waals surface area contributed by atoms with Crippen LogP contribution in [0.4, 0.5) is 0 Å². The van der Waals surface area contributed by atoms with E-state index in [0.29, 0.717) is 0 Å². The van der Waals surface area contributed by atoms with Crippen LogP contribution in [0.3, 0.4) is 0 Å². The number of hydrogen-bond acceptors (Lipinski definition) is 2. The lowest BCUT2D eigenvalue weighted by Crippen LogP contribution is -2.16. The predicted octanol–water partition coefficient (Wildman–Crippen LogP) is 4.09. The van der Waals surface area contributed by atoms with Crippen LogP contribution in [-0.2, 0) is 19.4 Å². The van der Waals surface area contributed by atoms with Gasteiger partial charge >= 0.3 is 0 Å². The summed E-state index contributed by atoms with van der Waals surface area (Å²) in [7, 11) is 0. The molecule has 1 aliphatic rings. The number of rotatable bonds is 2. The van der Waals surface area contributed by atoms with Gasteiger partial charge in [-0.25, -0.2) is 0 Å². The Kier molecular flexibility index (Phi) is 3.49. The Labute approximate surface area is 133 Å². The average Bonchev–Trinajstić information content (AvgIpc) is 2.92. The second kappa shape index (κ2) is 5.48. The van der Waals surface area contributed by atoms with Gasteiger partial charge in [-0.3, -0.25) is 0 Å². The summed E-state index contributed by atoms with van der Waals surface area (Å²) in [6.07, 6.45) is 4.50. The van der Waals surface area contributed by atoms with Crippen LogP contribution in [0.1, 0.15) is 16.0 Å². The van der Waals surface area contributed by atoms with E-state index in [1.807, 2.05) is 23.5 Å². The van der Waals surface area contributed by atoms with Crippen LogP contribution in [0, 0.1) is 0 Å². The Morgan fingerprint density at radius 2 is 2.10 bits per heavy atom. The van der Waals surface area contributed by atoms with Gasteiger partial charge in [-0.15, -0.1) is 11.3 Å². The number of halogens is 1. The van der Waals surface area contributed by atoms with Crippen LogP contribution in [0.2, 0.25) is 5.02 Å². The molecule has 1 N–H and O–H groups in total. The van der Waals surface area contributed by atoms with Gasteiger partial charge in [0.05, 0.1) is 10.2 Å². The average molecular weight is 317 g/mol. The van der Waals surface area contributed by atoms with Crippen LogP contribution in [0.5, 0.6) is 0 Å². The van der Waals surface area contributed by atoms with Crippen molar-refractivity contribution >= 4 is 33.2 Å². The first-order chi connectivity index (χ1) is 10.3. The highest BCUT2D eigenvalue weighted by molar-refractivity contribution is 7.19. The van der Waals surface area contributed by atoms with Crippen molar-refractivity contribution in [3.8, 4) is 0 Å². The monoisotopic (exact) mass is 316 g/mol. The molecule has 4 heteroatoms. The number of nitrogens with zero attached hydrogens (tertiary/aromatic N) is 1. The summed E-state index contributed by atoms with van der Waals surface area (Å²) in [4.78, 5) is 1.56. The van der Waals surface area contributed by atoms with Crippen molar-refractivity contribution in [2.45, 2.75) is 19.4 Å². The van der Waals surface area contributed by atoms with Crippen molar-refractivity contribution in [1.82, 2.24) is 9.88 Å². The fourth-order valence-electron chi connectivity index (χ4n) is 3.15. The van der Waals surface area contributed by atoms with Gasteiger partial charge in [-0.05, 0) is 55.3 Å². The standard InChI is InChI=1S/C17H17ClN2S/c18-13-3-1-2-12(10-13)11-20-9-6-16-17(20)14-4-7-19-8-5-15(14)21-16/h1-3,6,9-10,19H,4-5,7-8,11H2. The molecule has 3 aromatic rings. The molecule has 0 saturated heterocycles. The molecule has 4 rings (SSSR count). The van der Waals surface area contributed by atoms with Gasteiger partial charge in [-0.2, -0.15) is 0 Å². The zero-order valence-corrected chi connectivity index (χ0v) is 13.3. The molecule has 0 bridgehead atoms. The van der Waals surface area contributed by atoms with E-state index in [2.05, 4.69) is 34.3 Å². The van der Waals surface area contributed by atoms with E-state index in [1.165, 1.54) is 15.8 Å². The van der Waals surface area contributed by atoms with Crippen molar-refractivity contribution < 1.29 is 0 Å². The number of aromatic nitrogens is 1. The van der Waals surface area contributed by atoms with Gasteiger partial charge in [0.15, 0.2) is 0 Å². The molecule has 0 saturated carbocycles. The van der Waals surface area contributed by atoms with Crippen molar-refractivity contribution in [3.05, 3.63) is 57.6 Å². The van der Waals surface area contributed by atoms with Gasteiger partial charge in [0.1, 0.15) is 0 Å². The molecule has 108 valence electrons. The van der Waals surface area contributed by atoms with Crippen LogP contribution in [0.25, 0.3) is 10.2 Å². The van der Waals surface area contributed by atoms with E-state index >= 15 is 0 Å². The number of benzene rings is 1. The van der Waals surface area contributed by atoms with E-state index in [-0.39, 0.29) is 0 Å². The normalized spacial score (nSPS) is 15.1. The highest BCUT2D eigenvalue weighted by atomic mass is 35.5. The molecule has 0 spiro atoms. The minimum Gasteiger partial charge on any atom is -0.342 e. The van der Waals surface area contributed by atoms with Crippen molar-refractivity contribution in [1.29, 1.82) is 0 Å². The molecule has 0 unspecified atom stereocenters. The summed E-state index contributed by atoms with van der Waals surface area (Å²) in [6.45, 7) is 3.08. The summed E-state index contributed by atoms with van der Waals surface area (Å²) in [5.41, 5.74) is 4.23. The van der Waals surface area contributed by atoms with Crippen LogP contribution >= 0.6 is 22.9 Å². The molecule has 0 radical (unpaired) electrons. The summed E-state index contributed by atoms with van der Waals surface area (Å²) in [6, 6.07) is 10.4. The molecule has 2 aromatic heterocycles. The molecule has 1 aliphatic heterocycles. The number of nitrogens with one attached hydrogen (secondary N) is 1. The number of thiophene rings is 1. The van der Waals surface area contributed by atoms with Gasteiger partial charge < -0.3 is 9.88 Å². The molecule has 0 aliphatic carbocycles. The third kappa shape index (κ3) is 2.50. The SMILES string of the molecule is Clc1cccc(Cn2ccc3sc4c(c32)CCNCC4)c1. The summed E-state index contributed by atoms with van der Waals surface area (Å²) < 4.78 is 3.80. The number of hydrogen-bond donors (Lipinski definition) is 1. The third-order valence-electron chi connectivity index (χ3n) is 4.10. The maximum absolute atomic E-state index is 6.10. The fraction of sp³-hybridized carbons (Fsp3) is 0.294. The molecule has 21 heavy (non-hydrogen) atoms. The van der Waals surface area contributed by atoms with Crippen LogP contribution in [0.15, 0.2) is 36.5 Å². The zero-order chi connectivity index (χ0) is 14.2. The molecule has 0 fully saturated rings. The van der Waals surface area contributed by atoms with E-state index in [4.69, 9.17) is 11.6 Å². The Morgan fingerprint density at radius 3 is 3.00 bits per heavy atom. The summed E-state index contributed by atoms with van der Waals surface area (Å²) in [5.74, 6) is 0. The largest absolute Gasteiger partial charge is 0.342 e. The Morgan fingerprint density at radius 1 is 1.19 bits per heavy atom. The molecular weight excluding hydrogens is 300 g/mol. The second-order valence-electron chi connectivity index (χ2n) is 5.54. The van der Waals surface area contributed by atoms with E-state index in [9.17, 15) is 0 Å². The highest BCUT2D eigenvalue weighted by Gasteiger charge is 2.17. The quantitative estimate of drug-likeness (QED) is 0.753. The minimum absolute atomic E-state index is 0.809. The van der Waals surface area contributed by atoms with Crippen LogP contribution in [-0.4, -0.2) is 17.7 Å². The zero-order valence-electron chi connectivity index (χ0n) is 11.7. The highest BCUT2D eigenvalue weighted by Crippen LogP contribution is 2.34. The molecule has 2 nitrogen and oxygen atoms in total. The van der Waals surface area contributed by atoms with Gasteiger partial charge in [0, 0.05) is 22.6 Å². The van der Waals surface area contributed by atoms with Crippen molar-refractivity contribution in [2.24, 2.45) is 0 Å². The maximum Gasteiger partial charge on any atom is 0.0628 e. The maximum atomic E-state index is 6.10. The lowest BCUT2D eigenvalue weighted by Gasteiger charge is -2.08. The van der Waals surface area contributed by atoms with Gasteiger partial charge in [0.25, 0.3) is 0 Å². The van der Waals surface area contributed by atoms with Gasteiger partial charge in [-0.1, -0.05) is 23.7 Å². The Bertz CT molecular complexity index is 787. The topological polar surface area (TPSA) is 17.0 Å². The third-order valence-corrected chi connectivity index (χ3v) is 5.59. The lowest BCUT2D eigenvalue weighted by atomic mass is 10.1. The first-order valence-electron chi connectivity index (χ1n) is 7.36. The second-order valence-corrected chi connectivity index (χ2v) is 7.11. The Hall–Kier alpha value is -1.29. The van der Waals surface area contributed by atoms with E-state index in [0.717, 1.165) is 37.5 Å². The first kappa shape index (κ1) is 13.4. The van der Waals surface area contributed by atoms with E-state index in [1.54, 1.807) is 10.4 Å². The number of fused-ring (bicyclic) bond motifs is 3. The van der Waals surface area contributed by atoms with E-state index < -0.39 is 0 Å². The smallest absolute Gasteiger partial charge is 0.0628 e.